The summed E-state index contributed by atoms with van der Waals surface area (Å²) in [5.74, 6) is 0. The van der Waals surface area contributed by atoms with Crippen molar-refractivity contribution in [3.05, 3.63) is 29.3 Å². The number of carbonyl (C=O) groups is 1. The summed E-state index contributed by atoms with van der Waals surface area (Å²) in [6.07, 6.45) is -0.911. The molecular formula is C13H17ClN2O4S. The van der Waals surface area contributed by atoms with E-state index in [0.717, 1.165) is 0 Å². The minimum Gasteiger partial charge on any atom is -0.443 e. The molecule has 1 saturated heterocycles. The Morgan fingerprint density at radius 1 is 1.48 bits per heavy atom. The van der Waals surface area contributed by atoms with E-state index in [1.807, 2.05) is 13.8 Å². The predicted molar refractivity (Wildman–Crippen MR) is 78.8 cm³/mol. The van der Waals surface area contributed by atoms with Gasteiger partial charge in [0.05, 0.1) is 11.4 Å². The highest BCUT2D eigenvalue weighted by Gasteiger charge is 2.33. The van der Waals surface area contributed by atoms with E-state index in [0.29, 0.717) is 11.6 Å². The Bertz CT molecular complexity index is 633. The normalized spacial score (nSPS) is 19.1. The third-order valence-corrected chi connectivity index (χ3v) is 4.79. The number of nitrogens with zero attached hydrogens (tertiary/aromatic N) is 1. The number of ether oxygens (including phenoxy) is 1. The zero-order valence-corrected chi connectivity index (χ0v) is 13.3. The molecule has 116 valence electrons. The largest absolute Gasteiger partial charge is 0.443 e. The van der Waals surface area contributed by atoms with Crippen molar-refractivity contribution < 1.29 is 17.9 Å². The minimum absolute atomic E-state index is 0.0204. The lowest BCUT2D eigenvalue weighted by atomic mass is 10.3. The maximum Gasteiger partial charge on any atom is 0.410 e. The molecule has 0 radical (unpaired) electrons. The Kier molecular flexibility index (Phi) is 4.75. The molecule has 1 aliphatic rings. The standard InChI is InChI=1S/C13H17ClN2O4S/c1-9(2)16-8-11(20-13(16)17)7-15-21(18,19)12-5-3-4-10(14)6-12/h3-6,9,11,15H,7-8H2,1-2H3. The van der Waals surface area contributed by atoms with E-state index in [9.17, 15) is 13.2 Å². The van der Waals surface area contributed by atoms with Gasteiger partial charge in [0.2, 0.25) is 10.0 Å². The van der Waals surface area contributed by atoms with Crippen LogP contribution in [0.25, 0.3) is 0 Å². The highest BCUT2D eigenvalue weighted by Crippen LogP contribution is 2.17. The van der Waals surface area contributed by atoms with Gasteiger partial charge in [0.1, 0.15) is 6.10 Å². The first kappa shape index (κ1) is 16.1. The fourth-order valence-corrected chi connectivity index (χ4v) is 3.36. The van der Waals surface area contributed by atoms with Gasteiger partial charge in [-0.2, -0.15) is 0 Å². The van der Waals surface area contributed by atoms with E-state index in [1.54, 1.807) is 17.0 Å². The van der Waals surface area contributed by atoms with Gasteiger partial charge in [-0.15, -0.1) is 0 Å². The van der Waals surface area contributed by atoms with E-state index < -0.39 is 22.2 Å². The SMILES string of the molecule is CC(C)N1CC(CNS(=O)(=O)c2cccc(Cl)c2)OC1=O. The molecule has 0 spiro atoms. The van der Waals surface area contributed by atoms with E-state index in [4.69, 9.17) is 16.3 Å². The van der Waals surface area contributed by atoms with E-state index in [2.05, 4.69) is 4.72 Å². The van der Waals surface area contributed by atoms with Crippen molar-refractivity contribution in [2.45, 2.75) is 30.9 Å². The number of amides is 1. The van der Waals surface area contributed by atoms with Crippen LogP contribution >= 0.6 is 11.6 Å². The molecule has 1 heterocycles. The highest BCUT2D eigenvalue weighted by molar-refractivity contribution is 7.89. The van der Waals surface area contributed by atoms with Crippen LogP contribution in [0.5, 0.6) is 0 Å². The number of halogens is 1. The third kappa shape index (κ3) is 3.87. The van der Waals surface area contributed by atoms with Crippen LogP contribution in [0.15, 0.2) is 29.2 Å². The second-order valence-corrected chi connectivity index (χ2v) is 7.26. The van der Waals surface area contributed by atoms with Crippen LogP contribution < -0.4 is 4.72 Å². The van der Waals surface area contributed by atoms with E-state index in [1.165, 1.54) is 12.1 Å². The van der Waals surface area contributed by atoms with Crippen molar-refractivity contribution >= 4 is 27.7 Å². The van der Waals surface area contributed by atoms with Crippen LogP contribution in [0.2, 0.25) is 5.02 Å². The quantitative estimate of drug-likeness (QED) is 0.892. The van der Waals surface area contributed by atoms with Gasteiger partial charge < -0.3 is 9.64 Å². The second kappa shape index (κ2) is 6.21. The maximum absolute atomic E-state index is 12.1. The number of nitrogens with one attached hydrogen (secondary N) is 1. The first-order valence-corrected chi connectivity index (χ1v) is 8.38. The van der Waals surface area contributed by atoms with E-state index >= 15 is 0 Å². The van der Waals surface area contributed by atoms with Crippen LogP contribution in [0, 0.1) is 0 Å². The molecule has 1 amide bonds. The van der Waals surface area contributed by atoms with Gasteiger partial charge >= 0.3 is 6.09 Å². The number of hydrogen-bond donors (Lipinski definition) is 1. The van der Waals surface area contributed by atoms with Crippen molar-refractivity contribution in [1.29, 1.82) is 0 Å². The number of carbonyl (C=O) groups excluding carboxylic acids is 1. The van der Waals surface area contributed by atoms with Crippen LogP contribution in [-0.2, 0) is 14.8 Å². The Labute approximate surface area is 129 Å². The molecule has 0 aromatic heterocycles. The summed E-state index contributed by atoms with van der Waals surface area (Å²) in [5.41, 5.74) is 0. The fraction of sp³-hybridized carbons (Fsp3) is 0.462. The minimum atomic E-state index is -3.67. The molecule has 0 saturated carbocycles. The lowest BCUT2D eigenvalue weighted by molar-refractivity contribution is 0.130. The van der Waals surface area contributed by atoms with Gasteiger partial charge in [0.15, 0.2) is 0 Å². The maximum atomic E-state index is 12.1. The molecule has 1 fully saturated rings. The van der Waals surface area contributed by atoms with Gasteiger partial charge in [-0.05, 0) is 32.0 Å². The van der Waals surface area contributed by atoms with Crippen molar-refractivity contribution in [2.24, 2.45) is 0 Å². The van der Waals surface area contributed by atoms with Crippen molar-refractivity contribution in [3.63, 3.8) is 0 Å². The zero-order valence-electron chi connectivity index (χ0n) is 11.7. The lowest BCUT2D eigenvalue weighted by Gasteiger charge is -2.16. The number of hydrogen-bond acceptors (Lipinski definition) is 4. The van der Waals surface area contributed by atoms with Gasteiger partial charge in [-0.1, -0.05) is 17.7 Å². The topological polar surface area (TPSA) is 75.7 Å². The van der Waals surface area contributed by atoms with Crippen molar-refractivity contribution in [1.82, 2.24) is 9.62 Å². The van der Waals surface area contributed by atoms with Gasteiger partial charge in [-0.3, -0.25) is 0 Å². The molecule has 8 heteroatoms. The van der Waals surface area contributed by atoms with Crippen LogP contribution in [0.3, 0.4) is 0 Å². The summed E-state index contributed by atoms with van der Waals surface area (Å²) in [5, 5.41) is 0.344. The molecule has 1 unspecified atom stereocenters. The first-order chi connectivity index (χ1) is 9.79. The van der Waals surface area contributed by atoms with Crippen LogP contribution in [-0.4, -0.2) is 44.6 Å². The number of cyclic esters (lactones) is 1. The summed E-state index contributed by atoms with van der Waals surface area (Å²) in [7, 11) is -3.67. The molecule has 1 N–H and O–H groups in total. The first-order valence-electron chi connectivity index (χ1n) is 6.52. The van der Waals surface area contributed by atoms with Gasteiger partial charge in [0.25, 0.3) is 0 Å². The monoisotopic (exact) mass is 332 g/mol. The molecular weight excluding hydrogens is 316 g/mol. The number of rotatable bonds is 5. The average molecular weight is 333 g/mol. The molecule has 1 aliphatic heterocycles. The summed E-state index contributed by atoms with van der Waals surface area (Å²) < 4.78 is 31.8. The highest BCUT2D eigenvalue weighted by atomic mass is 35.5. The molecule has 0 bridgehead atoms. The number of sulfonamides is 1. The number of benzene rings is 1. The molecule has 0 aliphatic carbocycles. The molecule has 1 aromatic rings. The molecule has 21 heavy (non-hydrogen) atoms. The molecule has 6 nitrogen and oxygen atoms in total. The molecule has 1 aromatic carbocycles. The van der Waals surface area contributed by atoms with Crippen LogP contribution in [0.4, 0.5) is 4.79 Å². The summed E-state index contributed by atoms with van der Waals surface area (Å²) in [4.78, 5) is 13.2. The zero-order chi connectivity index (χ0) is 15.6. The second-order valence-electron chi connectivity index (χ2n) is 5.06. The van der Waals surface area contributed by atoms with Crippen LogP contribution in [0.1, 0.15) is 13.8 Å². The predicted octanol–water partition coefficient (Wildman–Crippen LogP) is 1.85. The van der Waals surface area contributed by atoms with E-state index in [-0.39, 0.29) is 17.5 Å². The lowest BCUT2D eigenvalue weighted by Crippen LogP contribution is -2.36. The fourth-order valence-electron chi connectivity index (χ4n) is 1.99. The Morgan fingerprint density at radius 2 is 2.19 bits per heavy atom. The summed E-state index contributed by atoms with van der Waals surface area (Å²) >= 11 is 5.78. The average Bonchev–Trinajstić information content (AvgIpc) is 2.78. The van der Waals surface area contributed by atoms with Gasteiger partial charge in [0, 0.05) is 17.6 Å². The summed E-state index contributed by atoms with van der Waals surface area (Å²) in [6.45, 7) is 4.15. The Hall–Kier alpha value is -1.31. The Morgan fingerprint density at radius 3 is 2.76 bits per heavy atom. The Balaban J connectivity index is 1.99. The van der Waals surface area contributed by atoms with Gasteiger partial charge in [-0.25, -0.2) is 17.9 Å². The van der Waals surface area contributed by atoms with Crippen molar-refractivity contribution in [3.8, 4) is 0 Å². The summed E-state index contributed by atoms with van der Waals surface area (Å²) in [6, 6.07) is 6.00. The van der Waals surface area contributed by atoms with Crippen molar-refractivity contribution in [2.75, 3.05) is 13.1 Å². The molecule has 2 rings (SSSR count). The molecule has 1 atom stereocenters. The third-order valence-electron chi connectivity index (χ3n) is 3.13. The smallest absolute Gasteiger partial charge is 0.410 e.